The van der Waals surface area contributed by atoms with Crippen LogP contribution in [0.25, 0.3) is 0 Å². The highest BCUT2D eigenvalue weighted by Gasteiger charge is 2.27. The molecule has 0 aliphatic carbocycles. The fraction of sp³-hybridized carbons (Fsp3) is 0.261. The van der Waals surface area contributed by atoms with Crippen LogP contribution in [0.3, 0.4) is 0 Å². The maximum absolute atomic E-state index is 13.2. The number of hydrogen-bond acceptors (Lipinski definition) is 6. The van der Waals surface area contributed by atoms with Gasteiger partial charge in [0.1, 0.15) is 6.26 Å². The molecule has 0 atom stereocenters. The SMILES string of the molecule is COc1ccccc1Oc1ccc(S(=O)(=O)N2CCCCC2)cc1NC(=O)c1ccoc1. The zero-order valence-corrected chi connectivity index (χ0v) is 18.4. The van der Waals surface area contributed by atoms with Gasteiger partial charge in [0.25, 0.3) is 5.91 Å². The van der Waals surface area contributed by atoms with Gasteiger partial charge >= 0.3 is 0 Å². The summed E-state index contributed by atoms with van der Waals surface area (Å²) in [6.45, 7) is 0.969. The van der Waals surface area contributed by atoms with Crippen molar-refractivity contribution in [3.63, 3.8) is 0 Å². The Balaban J connectivity index is 1.71. The minimum Gasteiger partial charge on any atom is -0.493 e. The highest BCUT2D eigenvalue weighted by molar-refractivity contribution is 7.89. The van der Waals surface area contributed by atoms with E-state index in [-0.39, 0.29) is 16.3 Å². The molecule has 1 N–H and O–H groups in total. The maximum Gasteiger partial charge on any atom is 0.259 e. The summed E-state index contributed by atoms with van der Waals surface area (Å²) < 4.78 is 44.1. The normalized spacial score (nSPS) is 14.7. The quantitative estimate of drug-likeness (QED) is 0.562. The van der Waals surface area contributed by atoms with Crippen molar-refractivity contribution in [2.45, 2.75) is 24.2 Å². The van der Waals surface area contributed by atoms with E-state index in [4.69, 9.17) is 13.9 Å². The van der Waals surface area contributed by atoms with E-state index in [0.29, 0.717) is 30.2 Å². The van der Waals surface area contributed by atoms with Gasteiger partial charge < -0.3 is 19.2 Å². The first-order valence-corrected chi connectivity index (χ1v) is 11.7. The molecule has 0 bridgehead atoms. The first kappa shape index (κ1) is 21.9. The number of rotatable bonds is 7. The number of hydrogen-bond donors (Lipinski definition) is 1. The first-order valence-electron chi connectivity index (χ1n) is 10.3. The molecule has 0 radical (unpaired) electrons. The van der Waals surface area contributed by atoms with E-state index in [1.54, 1.807) is 18.2 Å². The van der Waals surface area contributed by atoms with Crippen molar-refractivity contribution in [3.8, 4) is 17.2 Å². The van der Waals surface area contributed by atoms with E-state index >= 15 is 0 Å². The number of nitrogens with one attached hydrogen (secondary N) is 1. The summed E-state index contributed by atoms with van der Waals surface area (Å²) in [5.74, 6) is 0.769. The minimum atomic E-state index is -3.69. The van der Waals surface area contributed by atoms with E-state index < -0.39 is 15.9 Å². The first-order chi connectivity index (χ1) is 15.5. The predicted octanol–water partition coefficient (Wildman–Crippen LogP) is 4.51. The molecule has 1 aliphatic heterocycles. The lowest BCUT2D eigenvalue weighted by Crippen LogP contribution is -2.35. The summed E-state index contributed by atoms with van der Waals surface area (Å²) in [4.78, 5) is 12.7. The van der Waals surface area contributed by atoms with Gasteiger partial charge in [-0.2, -0.15) is 4.31 Å². The molecule has 9 heteroatoms. The van der Waals surface area contributed by atoms with Crippen molar-refractivity contribution < 1.29 is 27.1 Å². The number of amides is 1. The summed E-state index contributed by atoms with van der Waals surface area (Å²) in [6.07, 6.45) is 5.38. The topological polar surface area (TPSA) is 98.1 Å². The number of para-hydroxylation sites is 2. The van der Waals surface area contributed by atoms with Crippen LogP contribution in [-0.2, 0) is 10.0 Å². The van der Waals surface area contributed by atoms with Crippen LogP contribution in [0.5, 0.6) is 17.2 Å². The van der Waals surface area contributed by atoms with Crippen molar-refractivity contribution in [3.05, 3.63) is 66.6 Å². The van der Waals surface area contributed by atoms with Crippen LogP contribution in [0.1, 0.15) is 29.6 Å². The Morgan fingerprint density at radius 3 is 2.44 bits per heavy atom. The van der Waals surface area contributed by atoms with Crippen LogP contribution in [0, 0.1) is 0 Å². The average molecular weight is 457 g/mol. The van der Waals surface area contributed by atoms with Crippen LogP contribution in [0.2, 0.25) is 0 Å². The number of anilines is 1. The van der Waals surface area contributed by atoms with E-state index in [1.807, 2.05) is 6.07 Å². The van der Waals surface area contributed by atoms with Crippen LogP contribution in [0.4, 0.5) is 5.69 Å². The van der Waals surface area contributed by atoms with Crippen molar-refractivity contribution >= 4 is 21.6 Å². The van der Waals surface area contributed by atoms with Crippen LogP contribution in [-0.4, -0.2) is 38.8 Å². The molecule has 1 fully saturated rings. The van der Waals surface area contributed by atoms with Crippen molar-refractivity contribution in [1.29, 1.82) is 0 Å². The molecule has 2 heterocycles. The number of furan rings is 1. The smallest absolute Gasteiger partial charge is 0.259 e. The second-order valence-electron chi connectivity index (χ2n) is 7.34. The molecular weight excluding hydrogens is 432 g/mol. The van der Waals surface area contributed by atoms with Gasteiger partial charge in [-0.15, -0.1) is 0 Å². The van der Waals surface area contributed by atoms with Gasteiger partial charge in [0.05, 0.1) is 29.5 Å². The van der Waals surface area contributed by atoms with E-state index in [2.05, 4.69) is 5.32 Å². The van der Waals surface area contributed by atoms with E-state index in [1.165, 1.54) is 48.2 Å². The maximum atomic E-state index is 13.2. The Hall–Kier alpha value is -3.30. The molecule has 0 saturated carbocycles. The van der Waals surface area contributed by atoms with Gasteiger partial charge in [-0.25, -0.2) is 8.42 Å². The zero-order valence-electron chi connectivity index (χ0n) is 17.6. The summed E-state index contributed by atoms with van der Waals surface area (Å²) in [7, 11) is -2.17. The number of carbonyl (C=O) groups is 1. The fourth-order valence-electron chi connectivity index (χ4n) is 3.52. The third-order valence-electron chi connectivity index (χ3n) is 5.22. The zero-order chi connectivity index (χ0) is 22.6. The third kappa shape index (κ3) is 4.63. The molecule has 3 aromatic rings. The summed E-state index contributed by atoms with van der Waals surface area (Å²) >= 11 is 0. The molecule has 0 unspecified atom stereocenters. The lowest BCUT2D eigenvalue weighted by atomic mass is 10.2. The highest BCUT2D eigenvalue weighted by atomic mass is 32.2. The van der Waals surface area contributed by atoms with E-state index in [9.17, 15) is 13.2 Å². The Kier molecular flexibility index (Phi) is 6.48. The third-order valence-corrected chi connectivity index (χ3v) is 7.12. The van der Waals surface area contributed by atoms with Gasteiger partial charge in [-0.3, -0.25) is 4.79 Å². The number of carbonyl (C=O) groups excluding carboxylic acids is 1. The van der Waals surface area contributed by atoms with E-state index in [0.717, 1.165) is 19.3 Å². The number of piperidine rings is 1. The monoisotopic (exact) mass is 456 g/mol. The molecule has 168 valence electrons. The fourth-order valence-corrected chi connectivity index (χ4v) is 5.06. The van der Waals surface area contributed by atoms with Crippen LogP contribution in [0.15, 0.2) is 70.4 Å². The lowest BCUT2D eigenvalue weighted by Gasteiger charge is -2.26. The van der Waals surface area contributed by atoms with Crippen molar-refractivity contribution in [2.24, 2.45) is 0 Å². The van der Waals surface area contributed by atoms with Gasteiger partial charge in [0, 0.05) is 13.1 Å². The second kappa shape index (κ2) is 9.46. The standard InChI is InChI=1S/C23H24N2O6S/c1-29-21-7-3-4-8-22(21)31-20-10-9-18(32(27,28)25-12-5-2-6-13-25)15-19(20)24-23(26)17-11-14-30-16-17/h3-4,7-11,14-16H,2,5-6,12-13H2,1H3,(H,24,26). The number of methoxy groups -OCH3 is 1. The number of ether oxygens (including phenoxy) is 2. The largest absolute Gasteiger partial charge is 0.493 e. The van der Waals surface area contributed by atoms with Crippen molar-refractivity contribution in [2.75, 3.05) is 25.5 Å². The number of nitrogens with zero attached hydrogens (tertiary/aromatic N) is 1. The molecule has 1 amide bonds. The molecule has 1 aromatic heterocycles. The van der Waals surface area contributed by atoms with Gasteiger partial charge in [-0.1, -0.05) is 18.6 Å². The molecule has 1 saturated heterocycles. The second-order valence-corrected chi connectivity index (χ2v) is 9.28. The van der Waals surface area contributed by atoms with Gasteiger partial charge in [-0.05, 0) is 49.2 Å². The highest BCUT2D eigenvalue weighted by Crippen LogP contribution is 2.37. The van der Waals surface area contributed by atoms with Gasteiger partial charge in [0.2, 0.25) is 10.0 Å². The van der Waals surface area contributed by atoms with Crippen LogP contribution >= 0.6 is 0 Å². The predicted molar refractivity (Wildman–Crippen MR) is 119 cm³/mol. The summed E-state index contributed by atoms with van der Waals surface area (Å²) in [6, 6.07) is 13.0. The molecule has 32 heavy (non-hydrogen) atoms. The van der Waals surface area contributed by atoms with Crippen molar-refractivity contribution in [1.82, 2.24) is 4.31 Å². The molecular formula is C23H24N2O6S. The molecule has 1 aliphatic rings. The average Bonchev–Trinajstić information content (AvgIpc) is 3.36. The Labute approximate surface area is 186 Å². The Morgan fingerprint density at radius 1 is 1.00 bits per heavy atom. The molecule has 4 rings (SSSR count). The minimum absolute atomic E-state index is 0.0919. The Morgan fingerprint density at radius 2 is 1.75 bits per heavy atom. The van der Waals surface area contributed by atoms with Crippen LogP contribution < -0.4 is 14.8 Å². The molecule has 8 nitrogen and oxygen atoms in total. The number of sulfonamides is 1. The molecule has 0 spiro atoms. The number of benzene rings is 2. The lowest BCUT2D eigenvalue weighted by molar-refractivity contribution is 0.102. The molecule has 2 aromatic carbocycles. The van der Waals surface area contributed by atoms with Gasteiger partial charge in [0.15, 0.2) is 17.2 Å². The summed E-state index contributed by atoms with van der Waals surface area (Å²) in [5.41, 5.74) is 0.526. The Bertz CT molecular complexity index is 1180. The summed E-state index contributed by atoms with van der Waals surface area (Å²) in [5, 5.41) is 2.74.